The van der Waals surface area contributed by atoms with Gasteiger partial charge in [0.05, 0.1) is 0 Å². The number of allylic oxidation sites excluding steroid dienone is 6. The largest absolute Gasteiger partial charge is 0.318 e. The fourth-order valence-electron chi connectivity index (χ4n) is 2.80. The molecule has 0 aromatic heterocycles. The Bertz CT molecular complexity index is 888. The van der Waals surface area contributed by atoms with Crippen LogP contribution in [0.1, 0.15) is 0 Å². The minimum Gasteiger partial charge on any atom is -0.318 e. The summed E-state index contributed by atoms with van der Waals surface area (Å²) in [5, 5.41) is 3.14. The average Bonchev–Trinajstić information content (AvgIpc) is 3.05. The molecule has 5 nitrogen and oxygen atoms in total. The maximum atomic E-state index is 13.3. The van der Waals surface area contributed by atoms with Crippen molar-refractivity contribution in [2.24, 2.45) is 4.99 Å². The molecule has 0 fully saturated rings. The van der Waals surface area contributed by atoms with E-state index in [4.69, 9.17) is 0 Å². The fourth-order valence-corrected chi connectivity index (χ4v) is 3.19. The van der Waals surface area contributed by atoms with E-state index in [1.54, 1.807) is 54.9 Å². The summed E-state index contributed by atoms with van der Waals surface area (Å²) in [6.45, 7) is 18.6. The molecule has 2 amide bonds. The molecule has 1 N–H and O–H groups in total. The summed E-state index contributed by atoms with van der Waals surface area (Å²) in [5.74, 6) is -0.695. The molecule has 0 saturated carbocycles. The van der Waals surface area contributed by atoms with Crippen molar-refractivity contribution in [1.82, 2.24) is 10.2 Å². The van der Waals surface area contributed by atoms with Gasteiger partial charge >= 0.3 is 0 Å². The van der Waals surface area contributed by atoms with Crippen LogP contribution in [0.5, 0.6) is 0 Å². The lowest BCUT2D eigenvalue weighted by Crippen LogP contribution is -2.50. The molecule has 6 heteroatoms. The fraction of sp³-hybridized carbons (Fsp3) is 0.125. The average molecular weight is 422 g/mol. The van der Waals surface area contributed by atoms with Crippen LogP contribution in [0.4, 0.5) is 0 Å². The molecule has 0 aromatic rings. The van der Waals surface area contributed by atoms with Crippen LogP contribution >= 0.6 is 11.8 Å². The van der Waals surface area contributed by atoms with Gasteiger partial charge in [-0.2, -0.15) is 0 Å². The summed E-state index contributed by atoms with van der Waals surface area (Å²) in [5.41, 5.74) is 1.77. The van der Waals surface area contributed by atoms with E-state index in [1.807, 2.05) is 0 Å². The molecule has 156 valence electrons. The Kier molecular flexibility index (Phi) is 10.6. The first kappa shape index (κ1) is 24.7. The van der Waals surface area contributed by atoms with Crippen molar-refractivity contribution in [1.29, 1.82) is 0 Å². The number of hydrogen-bond donors (Lipinski definition) is 1. The first-order chi connectivity index (χ1) is 14.5. The van der Waals surface area contributed by atoms with Gasteiger partial charge in [0.1, 0.15) is 6.04 Å². The second kappa shape index (κ2) is 13.0. The van der Waals surface area contributed by atoms with Crippen molar-refractivity contribution in [3.8, 4) is 0 Å². The van der Waals surface area contributed by atoms with Gasteiger partial charge in [-0.25, -0.2) is 4.99 Å². The second-order valence-electron chi connectivity index (χ2n) is 5.88. The van der Waals surface area contributed by atoms with E-state index in [1.165, 1.54) is 28.9 Å². The van der Waals surface area contributed by atoms with E-state index in [-0.39, 0.29) is 12.5 Å². The summed E-state index contributed by atoms with van der Waals surface area (Å²) in [4.78, 5) is 31.9. The maximum absolute atomic E-state index is 13.3. The molecule has 0 saturated heterocycles. The van der Waals surface area contributed by atoms with Crippen molar-refractivity contribution >= 4 is 28.7 Å². The molecule has 1 atom stereocenters. The lowest BCUT2D eigenvalue weighted by atomic mass is 10.0. The van der Waals surface area contributed by atoms with Crippen LogP contribution in [0.3, 0.4) is 0 Å². The molecule has 0 spiro atoms. The summed E-state index contributed by atoms with van der Waals surface area (Å²) >= 11 is 1.26. The van der Waals surface area contributed by atoms with E-state index in [0.29, 0.717) is 16.3 Å². The third-order valence-corrected chi connectivity index (χ3v) is 4.65. The minimum atomic E-state index is -0.918. The van der Waals surface area contributed by atoms with Crippen LogP contribution in [0.2, 0.25) is 0 Å². The van der Waals surface area contributed by atoms with Gasteiger partial charge in [0.15, 0.2) is 5.17 Å². The Balaban J connectivity index is 3.48. The Hall–Kier alpha value is -3.38. The van der Waals surface area contributed by atoms with Gasteiger partial charge in [-0.3, -0.25) is 9.59 Å². The van der Waals surface area contributed by atoms with Crippen molar-refractivity contribution in [3.05, 3.63) is 110 Å². The molecule has 0 bridgehead atoms. The number of amidine groups is 1. The highest BCUT2D eigenvalue weighted by atomic mass is 32.2. The van der Waals surface area contributed by atoms with Gasteiger partial charge in [-0.05, 0) is 17.4 Å². The number of carbonyl (C=O) groups excluding carboxylic acids is 2. The number of carbonyl (C=O) groups is 2. The van der Waals surface area contributed by atoms with E-state index >= 15 is 0 Å². The van der Waals surface area contributed by atoms with Gasteiger partial charge < -0.3 is 10.2 Å². The number of aliphatic imine (C=N–C) groups is 1. The molecular formula is C24H27N3O2S. The molecule has 0 aromatic carbocycles. The monoisotopic (exact) mass is 421 g/mol. The van der Waals surface area contributed by atoms with Gasteiger partial charge in [-0.1, -0.05) is 99.3 Å². The Labute approximate surface area is 183 Å². The summed E-state index contributed by atoms with van der Waals surface area (Å²) in [7, 11) is 0. The first-order valence-electron chi connectivity index (χ1n) is 9.09. The van der Waals surface area contributed by atoms with Crippen LogP contribution in [-0.4, -0.2) is 40.7 Å². The number of amides is 2. The summed E-state index contributed by atoms with van der Waals surface area (Å²) < 4.78 is 0. The van der Waals surface area contributed by atoms with Crippen LogP contribution in [0.25, 0.3) is 0 Å². The minimum absolute atomic E-state index is 0.242. The topological polar surface area (TPSA) is 61.8 Å². The lowest BCUT2D eigenvalue weighted by molar-refractivity contribution is -0.133. The number of rotatable bonds is 10. The lowest BCUT2D eigenvalue weighted by Gasteiger charge is -2.28. The Morgan fingerprint density at radius 2 is 1.87 bits per heavy atom. The third-order valence-electron chi connectivity index (χ3n) is 4.06. The zero-order valence-electron chi connectivity index (χ0n) is 17.2. The quantitative estimate of drug-likeness (QED) is 0.326. The molecule has 1 heterocycles. The van der Waals surface area contributed by atoms with Crippen LogP contribution in [-0.2, 0) is 9.59 Å². The Morgan fingerprint density at radius 3 is 2.40 bits per heavy atom. The van der Waals surface area contributed by atoms with E-state index < -0.39 is 11.9 Å². The predicted octanol–water partition coefficient (Wildman–Crippen LogP) is 4.26. The zero-order valence-corrected chi connectivity index (χ0v) is 18.0. The number of hydrogen-bond acceptors (Lipinski definition) is 4. The van der Waals surface area contributed by atoms with Gasteiger partial charge in [0.25, 0.3) is 11.8 Å². The molecule has 1 aliphatic heterocycles. The molecular weight excluding hydrogens is 394 g/mol. The molecule has 1 rings (SSSR count). The van der Waals surface area contributed by atoms with Crippen LogP contribution < -0.4 is 5.32 Å². The molecule has 1 unspecified atom stereocenters. The second-order valence-corrected chi connectivity index (χ2v) is 6.68. The van der Waals surface area contributed by atoms with Crippen molar-refractivity contribution in [2.45, 2.75) is 6.04 Å². The van der Waals surface area contributed by atoms with E-state index in [2.05, 4.69) is 43.2 Å². The first-order valence-corrected chi connectivity index (χ1v) is 10.3. The van der Waals surface area contributed by atoms with E-state index in [9.17, 15) is 9.59 Å². The van der Waals surface area contributed by atoms with Crippen molar-refractivity contribution in [2.75, 3.05) is 12.8 Å². The molecule has 0 radical (unpaired) electrons. The maximum Gasteiger partial charge on any atom is 0.255 e. The number of nitrogens with one attached hydrogen (secondary N) is 1. The Morgan fingerprint density at radius 1 is 1.17 bits per heavy atom. The number of nitrogens with zero attached hydrogens (tertiary/aromatic N) is 2. The van der Waals surface area contributed by atoms with Gasteiger partial charge in [0.2, 0.25) is 0 Å². The predicted molar refractivity (Wildman–Crippen MR) is 129 cm³/mol. The van der Waals surface area contributed by atoms with Gasteiger partial charge in [0, 0.05) is 18.3 Å². The highest BCUT2D eigenvalue weighted by molar-refractivity contribution is 8.13. The normalized spacial score (nSPS) is 16.2. The molecule has 30 heavy (non-hydrogen) atoms. The molecule has 0 aliphatic carbocycles. The van der Waals surface area contributed by atoms with Crippen LogP contribution in [0.15, 0.2) is 115 Å². The van der Waals surface area contributed by atoms with Gasteiger partial charge in [-0.15, -0.1) is 0 Å². The van der Waals surface area contributed by atoms with Crippen molar-refractivity contribution < 1.29 is 9.59 Å². The highest BCUT2D eigenvalue weighted by Crippen LogP contribution is 2.27. The van der Waals surface area contributed by atoms with Crippen LogP contribution in [0, 0.1) is 0 Å². The highest BCUT2D eigenvalue weighted by Gasteiger charge is 2.38. The van der Waals surface area contributed by atoms with E-state index in [0.717, 1.165) is 5.57 Å². The smallest absolute Gasteiger partial charge is 0.255 e. The molecule has 1 aliphatic rings. The van der Waals surface area contributed by atoms with Crippen molar-refractivity contribution in [3.63, 3.8) is 0 Å². The summed E-state index contributed by atoms with van der Waals surface area (Å²) in [6.07, 6.45) is 18.1. The summed E-state index contributed by atoms with van der Waals surface area (Å²) in [6, 6.07) is -0.918. The SMILES string of the molecule is C=C/C=C\C1=C(C=C)C(=O)N(C(C(=O)NC(=NC=C)SC)C(/C=C\C=C)=C/C=C)C1. The zero-order chi connectivity index (χ0) is 22.5. The third kappa shape index (κ3) is 6.32. The number of thioether (sulfide) groups is 1. The standard InChI is InChI=1S/C24H27N3O2S/c1-7-12-15-18(14-9-3)21(22(28)26-24(30-6)25-11-5)27-17-19(16-13-8-2)20(10-4)23(27)29/h7-16,21H,1-5,17H2,6H3,(H,25,26,28)/b15-12-,16-13-,18-14+.